The van der Waals surface area contributed by atoms with E-state index >= 15 is 0 Å². The van der Waals surface area contributed by atoms with E-state index in [9.17, 15) is 4.79 Å². The topological polar surface area (TPSA) is 41.6 Å². The Kier molecular flexibility index (Phi) is 3.70. The lowest BCUT2D eigenvalue weighted by molar-refractivity contribution is 0.0269. The summed E-state index contributed by atoms with van der Waals surface area (Å²) in [6.07, 6.45) is 1.14. The SMILES string of the molecule is CC1CC(NC2C3CN(C(=O)OC(C)(C)C)CC32)CS1. The predicted molar refractivity (Wildman–Crippen MR) is 82.0 cm³/mol. The van der Waals surface area contributed by atoms with Crippen LogP contribution in [0.5, 0.6) is 0 Å². The summed E-state index contributed by atoms with van der Waals surface area (Å²) in [5, 5.41) is 4.59. The van der Waals surface area contributed by atoms with Gasteiger partial charge in [0.1, 0.15) is 5.60 Å². The number of hydrogen-bond donors (Lipinski definition) is 1. The van der Waals surface area contributed by atoms with Gasteiger partial charge in [0.15, 0.2) is 0 Å². The molecule has 2 heterocycles. The van der Waals surface area contributed by atoms with E-state index in [-0.39, 0.29) is 6.09 Å². The van der Waals surface area contributed by atoms with Crippen molar-refractivity contribution >= 4 is 17.9 Å². The van der Waals surface area contributed by atoms with E-state index in [4.69, 9.17) is 4.74 Å². The van der Waals surface area contributed by atoms with Crippen molar-refractivity contribution in [3.63, 3.8) is 0 Å². The Morgan fingerprint density at radius 1 is 1.30 bits per heavy atom. The number of nitrogens with one attached hydrogen (secondary N) is 1. The Labute approximate surface area is 126 Å². The van der Waals surface area contributed by atoms with Gasteiger partial charge < -0.3 is 15.0 Å². The van der Waals surface area contributed by atoms with Gasteiger partial charge in [0.05, 0.1) is 0 Å². The zero-order chi connectivity index (χ0) is 14.5. The number of fused-ring (bicyclic) bond motifs is 1. The summed E-state index contributed by atoms with van der Waals surface area (Å²) in [6, 6.07) is 1.32. The molecule has 3 aliphatic rings. The van der Waals surface area contributed by atoms with Gasteiger partial charge in [-0.2, -0.15) is 11.8 Å². The van der Waals surface area contributed by atoms with Crippen molar-refractivity contribution in [2.75, 3.05) is 18.8 Å². The predicted octanol–water partition coefficient (Wildman–Crippen LogP) is 2.34. The number of carbonyl (C=O) groups excluding carboxylic acids is 1. The lowest BCUT2D eigenvalue weighted by atomic mass is 10.2. The van der Waals surface area contributed by atoms with Crippen LogP contribution in [0.1, 0.15) is 34.1 Å². The molecule has 4 nitrogen and oxygen atoms in total. The second kappa shape index (κ2) is 5.09. The number of piperidine rings is 1. The minimum absolute atomic E-state index is 0.145. The normalized spacial score (nSPS) is 39.8. The summed E-state index contributed by atoms with van der Waals surface area (Å²) in [5.41, 5.74) is -0.390. The fourth-order valence-electron chi connectivity index (χ4n) is 3.45. The van der Waals surface area contributed by atoms with Gasteiger partial charge in [0, 0.05) is 36.2 Å². The largest absolute Gasteiger partial charge is 0.444 e. The third-order valence-electron chi connectivity index (χ3n) is 4.47. The second-order valence-corrected chi connectivity index (χ2v) is 8.95. The third kappa shape index (κ3) is 3.08. The molecule has 4 unspecified atom stereocenters. The van der Waals surface area contributed by atoms with E-state index in [1.165, 1.54) is 12.2 Å². The molecule has 1 N–H and O–H groups in total. The maximum Gasteiger partial charge on any atom is 0.410 e. The molecule has 0 aromatic carbocycles. The zero-order valence-corrected chi connectivity index (χ0v) is 13.7. The van der Waals surface area contributed by atoms with Crippen LogP contribution in [-0.2, 0) is 4.74 Å². The second-order valence-electron chi connectivity index (χ2n) is 7.48. The van der Waals surface area contributed by atoms with Crippen molar-refractivity contribution in [2.24, 2.45) is 11.8 Å². The summed E-state index contributed by atoms with van der Waals surface area (Å²) in [4.78, 5) is 13.9. The van der Waals surface area contributed by atoms with Gasteiger partial charge in [0.25, 0.3) is 0 Å². The molecule has 114 valence electrons. The highest BCUT2D eigenvalue weighted by Crippen LogP contribution is 2.46. The molecule has 3 fully saturated rings. The van der Waals surface area contributed by atoms with Crippen molar-refractivity contribution in [1.82, 2.24) is 10.2 Å². The lowest BCUT2D eigenvalue weighted by Crippen LogP contribution is -2.41. The number of hydrogen-bond acceptors (Lipinski definition) is 4. The molecule has 0 bridgehead atoms. The molecule has 0 radical (unpaired) electrons. The number of nitrogens with zero attached hydrogens (tertiary/aromatic N) is 1. The Morgan fingerprint density at radius 2 is 1.95 bits per heavy atom. The van der Waals surface area contributed by atoms with Gasteiger partial charge in [-0.3, -0.25) is 0 Å². The maximum absolute atomic E-state index is 12.0. The van der Waals surface area contributed by atoms with E-state index in [1.807, 2.05) is 25.7 Å². The van der Waals surface area contributed by atoms with E-state index in [1.54, 1.807) is 0 Å². The van der Waals surface area contributed by atoms with Crippen LogP contribution in [0.3, 0.4) is 0 Å². The lowest BCUT2D eigenvalue weighted by Gasteiger charge is -2.26. The molecule has 20 heavy (non-hydrogen) atoms. The van der Waals surface area contributed by atoms with Gasteiger partial charge in [-0.1, -0.05) is 6.92 Å². The number of likely N-dealkylation sites (tertiary alicyclic amines) is 1. The van der Waals surface area contributed by atoms with Crippen molar-refractivity contribution < 1.29 is 9.53 Å². The Bertz CT molecular complexity index is 384. The standard InChI is InChI=1S/C15H26N2O2S/c1-9-5-10(8-20-9)16-13-11-6-17(7-12(11)13)14(18)19-15(2,3)4/h9-13,16H,5-8H2,1-4H3. The van der Waals surface area contributed by atoms with Gasteiger partial charge in [-0.05, 0) is 39.0 Å². The quantitative estimate of drug-likeness (QED) is 0.849. The van der Waals surface area contributed by atoms with Gasteiger partial charge in [0.2, 0.25) is 0 Å². The molecular weight excluding hydrogens is 272 g/mol. The van der Waals surface area contributed by atoms with E-state index < -0.39 is 5.60 Å². The van der Waals surface area contributed by atoms with Crippen LogP contribution >= 0.6 is 11.8 Å². The summed E-state index contributed by atoms with van der Waals surface area (Å²) in [5.74, 6) is 2.55. The third-order valence-corrected chi connectivity index (χ3v) is 5.83. The first-order valence-electron chi connectivity index (χ1n) is 7.69. The van der Waals surface area contributed by atoms with Gasteiger partial charge >= 0.3 is 6.09 Å². The van der Waals surface area contributed by atoms with E-state index in [0.717, 1.165) is 18.3 Å². The fourth-order valence-corrected chi connectivity index (χ4v) is 4.62. The first-order chi connectivity index (χ1) is 9.33. The molecule has 1 saturated carbocycles. The number of ether oxygens (including phenoxy) is 1. The van der Waals surface area contributed by atoms with Gasteiger partial charge in [-0.15, -0.1) is 0 Å². The Morgan fingerprint density at radius 3 is 2.45 bits per heavy atom. The maximum atomic E-state index is 12.0. The smallest absolute Gasteiger partial charge is 0.410 e. The van der Waals surface area contributed by atoms with Crippen LogP contribution in [-0.4, -0.2) is 52.8 Å². The zero-order valence-electron chi connectivity index (χ0n) is 12.9. The van der Waals surface area contributed by atoms with Crippen molar-refractivity contribution in [3.05, 3.63) is 0 Å². The summed E-state index contributed by atoms with van der Waals surface area (Å²) >= 11 is 2.07. The molecule has 1 aliphatic carbocycles. The van der Waals surface area contributed by atoms with Crippen LogP contribution < -0.4 is 5.32 Å². The molecule has 0 aromatic rings. The Hall–Kier alpha value is -0.420. The van der Waals surface area contributed by atoms with Crippen LogP contribution in [0.2, 0.25) is 0 Å². The number of carbonyl (C=O) groups is 1. The average molecular weight is 298 g/mol. The summed E-state index contributed by atoms with van der Waals surface area (Å²) < 4.78 is 5.44. The molecule has 4 atom stereocenters. The summed E-state index contributed by atoms with van der Waals surface area (Å²) in [6.45, 7) is 9.81. The fraction of sp³-hybridized carbons (Fsp3) is 0.933. The number of rotatable bonds is 2. The molecular formula is C15H26N2O2S. The van der Waals surface area contributed by atoms with Crippen LogP contribution in [0, 0.1) is 11.8 Å². The van der Waals surface area contributed by atoms with Crippen molar-refractivity contribution in [3.8, 4) is 0 Å². The van der Waals surface area contributed by atoms with Crippen molar-refractivity contribution in [1.29, 1.82) is 0 Å². The monoisotopic (exact) mass is 298 g/mol. The van der Waals surface area contributed by atoms with Crippen molar-refractivity contribution in [2.45, 2.75) is 57.1 Å². The Balaban J connectivity index is 1.43. The minimum Gasteiger partial charge on any atom is -0.444 e. The van der Waals surface area contributed by atoms with Crippen LogP contribution in [0.15, 0.2) is 0 Å². The highest BCUT2D eigenvalue weighted by molar-refractivity contribution is 8.00. The van der Waals surface area contributed by atoms with Gasteiger partial charge in [-0.25, -0.2) is 4.79 Å². The number of amides is 1. The first-order valence-corrected chi connectivity index (χ1v) is 8.74. The van der Waals surface area contributed by atoms with Crippen LogP contribution in [0.25, 0.3) is 0 Å². The molecule has 2 saturated heterocycles. The molecule has 5 heteroatoms. The average Bonchev–Trinajstić information content (AvgIpc) is 2.72. The molecule has 3 rings (SSSR count). The number of thioether (sulfide) groups is 1. The highest BCUT2D eigenvalue weighted by atomic mass is 32.2. The molecule has 2 aliphatic heterocycles. The molecule has 0 aromatic heterocycles. The minimum atomic E-state index is -0.390. The van der Waals surface area contributed by atoms with E-state index in [2.05, 4.69) is 24.0 Å². The molecule has 1 amide bonds. The molecule has 0 spiro atoms. The van der Waals surface area contributed by atoms with E-state index in [0.29, 0.717) is 23.9 Å². The van der Waals surface area contributed by atoms with Crippen LogP contribution in [0.4, 0.5) is 4.79 Å². The highest BCUT2D eigenvalue weighted by Gasteiger charge is 2.57. The summed E-state index contributed by atoms with van der Waals surface area (Å²) in [7, 11) is 0. The first kappa shape index (κ1) is 14.5.